The maximum atomic E-state index is 13.1. The molecule has 1 aromatic carbocycles. The lowest BCUT2D eigenvalue weighted by atomic mass is 10.00. The molecule has 9 heteroatoms. The van der Waals surface area contributed by atoms with Gasteiger partial charge in [-0.15, -0.1) is 0 Å². The molecule has 0 radical (unpaired) electrons. The van der Waals surface area contributed by atoms with Gasteiger partial charge in [0.25, 0.3) is 11.5 Å². The van der Waals surface area contributed by atoms with Crippen LogP contribution in [0.3, 0.4) is 0 Å². The Morgan fingerprint density at radius 2 is 1.75 bits per heavy atom. The molecule has 2 amide bonds. The molecule has 4 N–H and O–H groups in total. The Morgan fingerprint density at radius 1 is 1.07 bits per heavy atom. The SMILES string of the molecule is C=CC(N)=O.CCc1cc(CC)c(CNC(=O)c2cc(-c3ccc(N4CCN(C)CC4)nc3)ccc2C)c(=O)[nH]1. The topological polar surface area (TPSA) is 124 Å². The molecule has 1 aliphatic heterocycles. The summed E-state index contributed by atoms with van der Waals surface area (Å²) in [6, 6.07) is 12.0. The van der Waals surface area contributed by atoms with Gasteiger partial charge in [-0.2, -0.15) is 0 Å². The number of rotatable bonds is 8. The van der Waals surface area contributed by atoms with Crippen molar-refractivity contribution in [3.8, 4) is 11.1 Å². The predicted octanol–water partition coefficient (Wildman–Crippen LogP) is 3.21. The van der Waals surface area contributed by atoms with E-state index in [0.29, 0.717) is 11.1 Å². The van der Waals surface area contributed by atoms with Gasteiger partial charge >= 0.3 is 0 Å². The van der Waals surface area contributed by atoms with Gasteiger partial charge in [-0.25, -0.2) is 4.98 Å². The average Bonchev–Trinajstić information content (AvgIpc) is 2.97. The fraction of sp³-hybridized carbons (Fsp3) is 0.355. The van der Waals surface area contributed by atoms with Crippen LogP contribution in [0.5, 0.6) is 0 Å². The van der Waals surface area contributed by atoms with Crippen LogP contribution in [0.1, 0.15) is 46.6 Å². The summed E-state index contributed by atoms with van der Waals surface area (Å²) in [7, 11) is 2.14. The third-order valence-electron chi connectivity index (χ3n) is 7.06. The number of nitrogens with zero attached hydrogens (tertiary/aromatic N) is 3. The van der Waals surface area contributed by atoms with Gasteiger partial charge in [0.05, 0.1) is 0 Å². The molecule has 1 saturated heterocycles. The summed E-state index contributed by atoms with van der Waals surface area (Å²) >= 11 is 0. The molecule has 1 fully saturated rings. The molecule has 40 heavy (non-hydrogen) atoms. The Labute approximate surface area is 236 Å². The summed E-state index contributed by atoms with van der Waals surface area (Å²) in [4.78, 5) is 47.4. The molecule has 3 aromatic rings. The van der Waals surface area contributed by atoms with E-state index in [1.165, 1.54) is 0 Å². The number of aromatic amines is 1. The van der Waals surface area contributed by atoms with Crippen molar-refractivity contribution in [2.75, 3.05) is 38.1 Å². The summed E-state index contributed by atoms with van der Waals surface area (Å²) in [5, 5.41) is 2.96. The number of primary amides is 1. The number of pyridine rings is 2. The molecule has 2 aromatic heterocycles. The van der Waals surface area contributed by atoms with Gasteiger partial charge < -0.3 is 25.8 Å². The number of carbonyl (C=O) groups is 2. The maximum Gasteiger partial charge on any atom is 0.253 e. The zero-order chi connectivity index (χ0) is 29.2. The number of aryl methyl sites for hydroxylation is 3. The number of nitrogens with two attached hydrogens (primary N) is 1. The zero-order valence-electron chi connectivity index (χ0n) is 23.9. The second kappa shape index (κ2) is 14.2. The van der Waals surface area contributed by atoms with Gasteiger partial charge in [0.2, 0.25) is 5.91 Å². The Bertz CT molecular complexity index is 1390. The molecular formula is C31H40N6O3. The summed E-state index contributed by atoms with van der Waals surface area (Å²) < 4.78 is 0. The van der Waals surface area contributed by atoms with Crippen LogP contribution in [0.25, 0.3) is 11.1 Å². The number of carbonyl (C=O) groups excluding carboxylic acids is 2. The van der Waals surface area contributed by atoms with E-state index in [2.05, 4.69) is 56.6 Å². The molecule has 212 valence electrons. The second-order valence-electron chi connectivity index (χ2n) is 9.85. The van der Waals surface area contributed by atoms with Crippen LogP contribution in [0.4, 0.5) is 5.82 Å². The first-order valence-corrected chi connectivity index (χ1v) is 13.6. The van der Waals surface area contributed by atoms with Crippen molar-refractivity contribution in [1.82, 2.24) is 20.2 Å². The van der Waals surface area contributed by atoms with Gasteiger partial charge in [0.1, 0.15) is 5.82 Å². The van der Waals surface area contributed by atoms with Crippen LogP contribution >= 0.6 is 0 Å². The van der Waals surface area contributed by atoms with Crippen LogP contribution in [-0.4, -0.2) is 59.9 Å². The fourth-order valence-electron chi connectivity index (χ4n) is 4.49. The van der Waals surface area contributed by atoms with E-state index in [1.54, 1.807) is 0 Å². The van der Waals surface area contributed by atoms with E-state index < -0.39 is 5.91 Å². The molecule has 4 rings (SSSR count). The first-order valence-electron chi connectivity index (χ1n) is 13.6. The van der Waals surface area contributed by atoms with Gasteiger partial charge in [-0.3, -0.25) is 14.4 Å². The van der Waals surface area contributed by atoms with Crippen LogP contribution in [0, 0.1) is 6.92 Å². The van der Waals surface area contributed by atoms with E-state index >= 15 is 0 Å². The first-order chi connectivity index (χ1) is 19.2. The highest BCUT2D eigenvalue weighted by molar-refractivity contribution is 5.97. The Kier molecular flexibility index (Phi) is 10.8. The number of aromatic nitrogens is 2. The number of likely N-dealkylation sites (N-methyl/N-ethyl adjacent to an activating group) is 1. The normalized spacial score (nSPS) is 13.2. The zero-order valence-corrected chi connectivity index (χ0v) is 23.9. The standard InChI is InChI=1S/C28H35N5O2.C3H5NO/c1-5-20-15-23(6-2)31-28(35)25(20)18-30-27(34)24-16-21(8-7-19(24)3)22-9-10-26(29-17-22)33-13-11-32(4)12-14-33;1-2-3(4)5/h7-10,15-17H,5-6,11-14,18H2,1-4H3,(H,30,34)(H,31,35);2H,1H2,(H2,4,5). The maximum absolute atomic E-state index is 13.1. The van der Waals surface area contributed by atoms with Crippen molar-refractivity contribution >= 4 is 17.6 Å². The van der Waals surface area contributed by atoms with Gasteiger partial charge in [0.15, 0.2) is 0 Å². The number of piperazine rings is 1. The highest BCUT2D eigenvalue weighted by Crippen LogP contribution is 2.24. The predicted molar refractivity (Wildman–Crippen MR) is 161 cm³/mol. The molecule has 9 nitrogen and oxygen atoms in total. The molecule has 0 unspecified atom stereocenters. The van der Waals surface area contributed by atoms with Crippen LogP contribution < -0.4 is 21.5 Å². The van der Waals surface area contributed by atoms with Crippen LogP contribution in [-0.2, 0) is 24.2 Å². The largest absolute Gasteiger partial charge is 0.366 e. The Hall–Kier alpha value is -4.24. The summed E-state index contributed by atoms with van der Waals surface area (Å²) in [6.07, 6.45) is 4.45. The lowest BCUT2D eigenvalue weighted by Crippen LogP contribution is -2.44. The van der Waals surface area contributed by atoms with E-state index in [1.807, 2.05) is 51.2 Å². The van der Waals surface area contributed by atoms with Crippen LogP contribution in [0.2, 0.25) is 0 Å². The first kappa shape index (κ1) is 30.3. The second-order valence-corrected chi connectivity index (χ2v) is 9.85. The van der Waals surface area contributed by atoms with E-state index in [0.717, 1.165) is 78.9 Å². The number of H-pyrrole nitrogens is 1. The number of hydrogen-bond donors (Lipinski definition) is 3. The highest BCUT2D eigenvalue weighted by atomic mass is 16.2. The lowest BCUT2D eigenvalue weighted by molar-refractivity contribution is -0.113. The molecular weight excluding hydrogens is 504 g/mol. The number of anilines is 1. The van der Waals surface area contributed by atoms with Crippen molar-refractivity contribution in [3.05, 3.63) is 93.6 Å². The van der Waals surface area contributed by atoms with E-state index in [9.17, 15) is 14.4 Å². The smallest absolute Gasteiger partial charge is 0.253 e. The third kappa shape index (κ3) is 7.89. The molecule has 0 bridgehead atoms. The van der Waals surface area contributed by atoms with Gasteiger partial charge in [-0.05, 0) is 73.8 Å². The van der Waals surface area contributed by atoms with Crippen molar-refractivity contribution in [2.45, 2.75) is 40.2 Å². The number of amides is 2. The number of nitrogens with one attached hydrogen (secondary N) is 2. The average molecular weight is 545 g/mol. The van der Waals surface area contributed by atoms with Crippen molar-refractivity contribution in [3.63, 3.8) is 0 Å². The minimum atomic E-state index is -0.481. The van der Waals surface area contributed by atoms with E-state index in [-0.39, 0.29) is 18.0 Å². The minimum Gasteiger partial charge on any atom is -0.366 e. The molecule has 0 atom stereocenters. The highest BCUT2D eigenvalue weighted by Gasteiger charge is 2.16. The van der Waals surface area contributed by atoms with Crippen molar-refractivity contribution in [2.24, 2.45) is 5.73 Å². The van der Waals surface area contributed by atoms with Gasteiger partial charge in [-0.1, -0.05) is 32.6 Å². The van der Waals surface area contributed by atoms with E-state index in [4.69, 9.17) is 0 Å². The van der Waals surface area contributed by atoms with Crippen molar-refractivity contribution < 1.29 is 9.59 Å². The fourth-order valence-corrected chi connectivity index (χ4v) is 4.49. The monoisotopic (exact) mass is 544 g/mol. The number of hydrogen-bond acceptors (Lipinski definition) is 6. The molecule has 1 aliphatic rings. The molecule has 3 heterocycles. The summed E-state index contributed by atoms with van der Waals surface area (Å²) in [5.41, 5.74) is 10.3. The van der Waals surface area contributed by atoms with Gasteiger partial charge in [0, 0.05) is 61.3 Å². The molecule has 0 aliphatic carbocycles. The Morgan fingerprint density at radius 3 is 2.33 bits per heavy atom. The van der Waals surface area contributed by atoms with Crippen molar-refractivity contribution in [1.29, 1.82) is 0 Å². The summed E-state index contributed by atoms with van der Waals surface area (Å²) in [5.74, 6) is 0.315. The third-order valence-corrected chi connectivity index (χ3v) is 7.06. The Balaban J connectivity index is 0.000000810. The lowest BCUT2D eigenvalue weighted by Gasteiger charge is -2.33. The minimum absolute atomic E-state index is 0.126. The van der Waals surface area contributed by atoms with Crippen LogP contribution in [0.15, 0.2) is 60.0 Å². The number of benzene rings is 1. The molecule has 0 spiro atoms. The quantitative estimate of drug-likeness (QED) is 0.374. The molecule has 0 saturated carbocycles. The summed E-state index contributed by atoms with van der Waals surface area (Å²) in [6.45, 7) is 13.3.